The third kappa shape index (κ3) is 4.08. The number of rotatable bonds is 3. The van der Waals surface area contributed by atoms with Crippen LogP contribution in [0.2, 0.25) is 0 Å². The first-order valence-corrected chi connectivity index (χ1v) is 13.3. The van der Waals surface area contributed by atoms with Crippen LogP contribution in [-0.2, 0) is 11.3 Å². The lowest BCUT2D eigenvalue weighted by molar-refractivity contribution is -0.384. The SMILES string of the molecule is CC1CCN(c2ccc(N3Cc4ccc5ccccc5c4C4=C3C(=O)CC(C)(C)C4)cc2[N+](=O)[O-])CC1. The van der Waals surface area contributed by atoms with Gasteiger partial charge in [-0.3, -0.25) is 14.9 Å². The molecule has 0 atom stereocenters. The zero-order valence-corrected chi connectivity index (χ0v) is 21.8. The maximum Gasteiger partial charge on any atom is 0.294 e. The monoisotopic (exact) mass is 495 g/mol. The second-order valence-electron chi connectivity index (χ2n) is 11.8. The molecular formula is C31H33N3O3. The molecular weight excluding hydrogens is 462 g/mol. The molecule has 37 heavy (non-hydrogen) atoms. The van der Waals surface area contributed by atoms with Gasteiger partial charge in [-0.25, -0.2) is 0 Å². The Kier molecular flexibility index (Phi) is 5.59. The van der Waals surface area contributed by atoms with Crippen LogP contribution >= 0.6 is 0 Å². The van der Waals surface area contributed by atoms with Crippen molar-refractivity contribution in [1.82, 2.24) is 0 Å². The van der Waals surface area contributed by atoms with Gasteiger partial charge in [0.05, 0.1) is 10.6 Å². The molecule has 0 bridgehead atoms. The van der Waals surface area contributed by atoms with Gasteiger partial charge in [0.15, 0.2) is 5.78 Å². The summed E-state index contributed by atoms with van der Waals surface area (Å²) >= 11 is 0. The average Bonchev–Trinajstić information content (AvgIpc) is 2.87. The van der Waals surface area contributed by atoms with Gasteiger partial charge >= 0.3 is 0 Å². The fraction of sp³-hybridized carbons (Fsp3) is 0.387. The first kappa shape index (κ1) is 23.7. The van der Waals surface area contributed by atoms with E-state index in [1.165, 1.54) is 10.9 Å². The molecule has 2 aliphatic heterocycles. The molecule has 6 rings (SSSR count). The van der Waals surface area contributed by atoms with Crippen LogP contribution in [0.25, 0.3) is 16.3 Å². The molecule has 0 spiro atoms. The fourth-order valence-electron chi connectivity index (χ4n) is 6.45. The van der Waals surface area contributed by atoms with Crippen LogP contribution in [0.5, 0.6) is 0 Å². The number of hydrogen-bond donors (Lipinski definition) is 0. The predicted molar refractivity (Wildman–Crippen MR) is 149 cm³/mol. The number of carbonyl (C=O) groups is 1. The molecule has 0 aromatic heterocycles. The Morgan fingerprint density at radius 3 is 2.51 bits per heavy atom. The molecule has 3 aromatic rings. The number of anilines is 2. The van der Waals surface area contributed by atoms with Crippen molar-refractivity contribution in [3.8, 4) is 0 Å². The number of nitro groups is 1. The molecule has 1 saturated heterocycles. The largest absolute Gasteiger partial charge is 0.366 e. The first-order valence-electron chi connectivity index (χ1n) is 13.3. The quantitative estimate of drug-likeness (QED) is 0.286. The highest BCUT2D eigenvalue weighted by atomic mass is 16.6. The number of benzene rings is 3. The van der Waals surface area contributed by atoms with Crippen LogP contribution in [0.1, 0.15) is 57.6 Å². The number of ketones is 1. The van der Waals surface area contributed by atoms with Gasteiger partial charge in [0.1, 0.15) is 5.69 Å². The van der Waals surface area contributed by atoms with Crippen LogP contribution in [0, 0.1) is 21.4 Å². The van der Waals surface area contributed by atoms with Crippen LogP contribution in [0.4, 0.5) is 17.1 Å². The van der Waals surface area contributed by atoms with Crippen LogP contribution in [-0.4, -0.2) is 23.8 Å². The third-order valence-electron chi connectivity index (χ3n) is 8.35. The van der Waals surface area contributed by atoms with Gasteiger partial charge in [-0.05, 0) is 70.2 Å². The zero-order valence-electron chi connectivity index (χ0n) is 21.8. The number of allylic oxidation sites excluding steroid dienone is 2. The van der Waals surface area contributed by atoms with Crippen molar-refractivity contribution in [2.45, 2.75) is 53.0 Å². The molecule has 1 aliphatic carbocycles. The molecule has 2 heterocycles. The minimum atomic E-state index is -0.274. The highest BCUT2D eigenvalue weighted by molar-refractivity contribution is 6.12. The Hall–Kier alpha value is -3.67. The van der Waals surface area contributed by atoms with Gasteiger partial charge < -0.3 is 9.80 Å². The number of nitrogens with zero attached hydrogens (tertiary/aromatic N) is 3. The molecule has 0 unspecified atom stereocenters. The lowest BCUT2D eigenvalue weighted by Gasteiger charge is -2.41. The molecule has 0 N–H and O–H groups in total. The van der Waals surface area contributed by atoms with Crippen molar-refractivity contribution < 1.29 is 9.72 Å². The summed E-state index contributed by atoms with van der Waals surface area (Å²) in [5.74, 6) is 0.757. The minimum Gasteiger partial charge on any atom is -0.366 e. The zero-order chi connectivity index (χ0) is 25.9. The molecule has 0 saturated carbocycles. The van der Waals surface area contributed by atoms with Gasteiger partial charge in [-0.1, -0.05) is 57.2 Å². The van der Waals surface area contributed by atoms with E-state index < -0.39 is 0 Å². The van der Waals surface area contributed by atoms with Gasteiger partial charge in [0, 0.05) is 37.8 Å². The molecule has 6 nitrogen and oxygen atoms in total. The number of piperidine rings is 1. The fourth-order valence-corrected chi connectivity index (χ4v) is 6.45. The van der Waals surface area contributed by atoms with E-state index >= 15 is 0 Å². The van der Waals surface area contributed by atoms with E-state index in [9.17, 15) is 14.9 Å². The molecule has 3 aliphatic rings. The molecule has 190 valence electrons. The number of carbonyl (C=O) groups excluding carboxylic acids is 1. The van der Waals surface area contributed by atoms with Crippen LogP contribution in [0.15, 0.2) is 60.3 Å². The second kappa shape index (κ2) is 8.72. The van der Waals surface area contributed by atoms with Crippen molar-refractivity contribution in [3.63, 3.8) is 0 Å². The summed E-state index contributed by atoms with van der Waals surface area (Å²) in [6.07, 6.45) is 3.33. The highest BCUT2D eigenvalue weighted by Gasteiger charge is 2.40. The topological polar surface area (TPSA) is 66.7 Å². The van der Waals surface area contributed by atoms with Gasteiger partial charge in [0.2, 0.25) is 0 Å². The van der Waals surface area contributed by atoms with Crippen molar-refractivity contribution in [3.05, 3.63) is 81.5 Å². The number of nitro benzene ring substituents is 1. The first-order chi connectivity index (χ1) is 17.7. The van der Waals surface area contributed by atoms with E-state index in [4.69, 9.17) is 0 Å². The van der Waals surface area contributed by atoms with E-state index in [0.717, 1.165) is 48.9 Å². The summed E-state index contributed by atoms with van der Waals surface area (Å²) in [7, 11) is 0. The minimum absolute atomic E-state index is 0.113. The number of fused-ring (bicyclic) bond motifs is 4. The summed E-state index contributed by atoms with van der Waals surface area (Å²) < 4.78 is 0. The Morgan fingerprint density at radius 1 is 1.00 bits per heavy atom. The van der Waals surface area contributed by atoms with Crippen LogP contribution < -0.4 is 9.80 Å². The molecule has 1 fully saturated rings. The normalized spacial score (nSPS) is 19.7. The lowest BCUT2D eigenvalue weighted by atomic mass is 9.71. The van der Waals surface area contributed by atoms with Crippen molar-refractivity contribution in [2.75, 3.05) is 22.9 Å². The number of hydrogen-bond acceptors (Lipinski definition) is 5. The molecule has 3 aromatic carbocycles. The van der Waals surface area contributed by atoms with E-state index in [-0.39, 0.29) is 21.8 Å². The summed E-state index contributed by atoms with van der Waals surface area (Å²) in [6, 6.07) is 18.2. The average molecular weight is 496 g/mol. The standard InChI is InChI=1S/C31H33N3O3/c1-20-12-14-32(15-13-20)26-11-10-23(16-27(26)34(36)37)33-19-22-9-8-21-6-4-5-7-24(21)29(22)25-17-31(2,3)18-28(35)30(25)33/h4-11,16,20H,12-15,17-19H2,1-3H3. The lowest BCUT2D eigenvalue weighted by Crippen LogP contribution is -2.38. The van der Waals surface area contributed by atoms with E-state index in [0.29, 0.717) is 36.0 Å². The number of Topliss-reactive ketones (excluding diaryl/α,β-unsaturated/α-hetero) is 1. The third-order valence-corrected chi connectivity index (χ3v) is 8.35. The maximum atomic E-state index is 13.7. The molecule has 0 amide bonds. The maximum absolute atomic E-state index is 13.7. The van der Waals surface area contributed by atoms with E-state index in [2.05, 4.69) is 56.0 Å². The van der Waals surface area contributed by atoms with Gasteiger partial charge in [0.25, 0.3) is 5.69 Å². The van der Waals surface area contributed by atoms with E-state index in [1.54, 1.807) is 6.07 Å². The summed E-state index contributed by atoms with van der Waals surface area (Å²) in [5.41, 5.74) is 5.44. The Bertz CT molecular complexity index is 1460. The Balaban J connectivity index is 1.50. The molecule has 0 radical (unpaired) electrons. The highest BCUT2D eigenvalue weighted by Crippen LogP contribution is 2.49. The van der Waals surface area contributed by atoms with Crippen molar-refractivity contribution >= 4 is 39.2 Å². The summed E-state index contributed by atoms with van der Waals surface area (Å²) in [6.45, 7) is 8.71. The Morgan fingerprint density at radius 2 is 1.76 bits per heavy atom. The smallest absolute Gasteiger partial charge is 0.294 e. The van der Waals surface area contributed by atoms with Gasteiger partial charge in [-0.15, -0.1) is 0 Å². The van der Waals surface area contributed by atoms with Crippen LogP contribution in [0.3, 0.4) is 0 Å². The second-order valence-corrected chi connectivity index (χ2v) is 11.8. The van der Waals surface area contributed by atoms with Gasteiger partial charge in [-0.2, -0.15) is 0 Å². The molecule has 6 heteroatoms. The van der Waals surface area contributed by atoms with Crippen molar-refractivity contribution in [2.24, 2.45) is 11.3 Å². The van der Waals surface area contributed by atoms with Crippen molar-refractivity contribution in [1.29, 1.82) is 0 Å². The Labute approximate surface area is 217 Å². The van der Waals surface area contributed by atoms with E-state index in [1.807, 2.05) is 23.1 Å². The summed E-state index contributed by atoms with van der Waals surface area (Å²) in [4.78, 5) is 29.8. The summed E-state index contributed by atoms with van der Waals surface area (Å²) in [5, 5.41) is 14.5. The predicted octanol–water partition coefficient (Wildman–Crippen LogP) is 7.10.